The van der Waals surface area contributed by atoms with Crippen LogP contribution in [0.5, 0.6) is 5.75 Å². The van der Waals surface area contributed by atoms with E-state index in [-0.39, 0.29) is 11.3 Å². The minimum absolute atomic E-state index is 0.0379. The molecule has 2 rings (SSSR count). The van der Waals surface area contributed by atoms with Crippen molar-refractivity contribution in [2.24, 2.45) is 0 Å². The third-order valence-corrected chi connectivity index (χ3v) is 3.59. The van der Waals surface area contributed by atoms with E-state index in [1.54, 1.807) is 24.3 Å². The van der Waals surface area contributed by atoms with E-state index in [0.717, 1.165) is 6.07 Å². The predicted octanol–water partition coefficient (Wildman–Crippen LogP) is 2.87. The number of rotatable bonds is 5. The number of benzene rings is 2. The van der Waals surface area contributed by atoms with Gasteiger partial charge >= 0.3 is 0 Å². The van der Waals surface area contributed by atoms with Crippen LogP contribution in [-0.4, -0.2) is 22.3 Å². The molecule has 2 aromatic carbocycles. The third kappa shape index (κ3) is 4.93. The average Bonchev–Trinajstić information content (AvgIpc) is 2.61. The Kier molecular flexibility index (Phi) is 5.78. The summed E-state index contributed by atoms with van der Waals surface area (Å²) in [7, 11) is 0. The molecule has 0 aliphatic rings. The summed E-state index contributed by atoms with van der Waals surface area (Å²) in [6, 6.07) is 11.6. The fourth-order valence-corrected chi connectivity index (χ4v) is 2.07. The lowest BCUT2D eigenvalue weighted by Gasteiger charge is -2.25. The van der Waals surface area contributed by atoms with E-state index in [4.69, 9.17) is 16.3 Å². The van der Waals surface area contributed by atoms with Gasteiger partial charge in [0.25, 0.3) is 17.5 Å². The molecule has 0 aliphatic carbocycles. The minimum atomic E-state index is -1.29. The number of carbonyl (C=O) groups is 2. The molecule has 0 bridgehead atoms. The smallest absolute Gasteiger partial charge is 0.281 e. The van der Waals surface area contributed by atoms with Crippen molar-refractivity contribution in [2.75, 3.05) is 0 Å². The molecule has 8 nitrogen and oxygen atoms in total. The molecule has 0 heterocycles. The van der Waals surface area contributed by atoms with Gasteiger partial charge in [0, 0.05) is 22.7 Å². The lowest BCUT2D eigenvalue weighted by atomic mass is 10.1. The molecule has 0 aromatic heterocycles. The van der Waals surface area contributed by atoms with Gasteiger partial charge in [0.1, 0.15) is 5.75 Å². The second-order valence-electron chi connectivity index (χ2n) is 5.78. The third-order valence-electron chi connectivity index (χ3n) is 3.34. The summed E-state index contributed by atoms with van der Waals surface area (Å²) in [6.07, 6.45) is 0. The number of amides is 2. The van der Waals surface area contributed by atoms with Crippen LogP contribution in [0.25, 0.3) is 0 Å². The fraction of sp³-hybridized carbons (Fsp3) is 0.176. The Morgan fingerprint density at radius 2 is 1.77 bits per heavy atom. The molecule has 2 aromatic rings. The monoisotopic (exact) mass is 377 g/mol. The summed E-state index contributed by atoms with van der Waals surface area (Å²) in [4.78, 5) is 34.4. The number of hydrogen-bond acceptors (Lipinski definition) is 5. The van der Waals surface area contributed by atoms with Crippen LogP contribution in [0, 0.1) is 10.1 Å². The molecule has 26 heavy (non-hydrogen) atoms. The maximum absolute atomic E-state index is 12.3. The van der Waals surface area contributed by atoms with Gasteiger partial charge in [0.15, 0.2) is 5.60 Å². The highest BCUT2D eigenvalue weighted by Crippen LogP contribution is 2.21. The highest BCUT2D eigenvalue weighted by atomic mass is 35.5. The molecule has 2 amide bonds. The SMILES string of the molecule is CC(C)(Oc1ccc(Cl)cc1)C(=O)NNC(=O)c1cccc([N+](=O)[O-])c1. The maximum atomic E-state index is 12.3. The lowest BCUT2D eigenvalue weighted by Crippen LogP contribution is -2.53. The molecular formula is C17H16ClN3O5. The minimum Gasteiger partial charge on any atom is -0.478 e. The van der Waals surface area contributed by atoms with Crippen molar-refractivity contribution in [3.63, 3.8) is 0 Å². The highest BCUT2D eigenvalue weighted by molar-refractivity contribution is 6.30. The molecule has 2 N–H and O–H groups in total. The van der Waals surface area contributed by atoms with E-state index in [1.165, 1.54) is 32.0 Å². The van der Waals surface area contributed by atoms with Gasteiger partial charge in [-0.1, -0.05) is 17.7 Å². The summed E-state index contributed by atoms with van der Waals surface area (Å²) in [5.41, 5.74) is 2.97. The Bertz CT molecular complexity index is 837. The van der Waals surface area contributed by atoms with Gasteiger partial charge in [-0.3, -0.25) is 30.6 Å². The van der Waals surface area contributed by atoms with Gasteiger partial charge in [-0.15, -0.1) is 0 Å². The molecule has 136 valence electrons. The van der Waals surface area contributed by atoms with Crippen LogP contribution in [-0.2, 0) is 4.79 Å². The largest absolute Gasteiger partial charge is 0.478 e. The van der Waals surface area contributed by atoms with Crippen molar-refractivity contribution in [1.82, 2.24) is 10.9 Å². The summed E-state index contributed by atoms with van der Waals surface area (Å²) in [5, 5.41) is 11.3. The summed E-state index contributed by atoms with van der Waals surface area (Å²) >= 11 is 5.79. The molecule has 9 heteroatoms. The molecule has 0 unspecified atom stereocenters. The molecule has 0 radical (unpaired) electrons. The Labute approximate surface area is 154 Å². The zero-order chi connectivity index (χ0) is 19.3. The molecule has 0 saturated carbocycles. The second-order valence-corrected chi connectivity index (χ2v) is 6.22. The van der Waals surface area contributed by atoms with E-state index >= 15 is 0 Å². The van der Waals surface area contributed by atoms with Crippen molar-refractivity contribution in [2.45, 2.75) is 19.4 Å². The lowest BCUT2D eigenvalue weighted by molar-refractivity contribution is -0.384. The number of hydrazine groups is 1. The van der Waals surface area contributed by atoms with Crippen LogP contribution in [0.3, 0.4) is 0 Å². The summed E-state index contributed by atoms with van der Waals surface area (Å²) < 4.78 is 5.60. The maximum Gasteiger partial charge on any atom is 0.281 e. The van der Waals surface area contributed by atoms with Gasteiger partial charge in [-0.05, 0) is 44.2 Å². The van der Waals surface area contributed by atoms with E-state index in [1.807, 2.05) is 0 Å². The van der Waals surface area contributed by atoms with E-state index < -0.39 is 22.3 Å². The van der Waals surface area contributed by atoms with Gasteiger partial charge < -0.3 is 4.74 Å². The van der Waals surface area contributed by atoms with Crippen molar-refractivity contribution in [3.8, 4) is 5.75 Å². The first-order valence-corrected chi connectivity index (χ1v) is 7.86. The number of hydrogen-bond donors (Lipinski definition) is 2. The quantitative estimate of drug-likeness (QED) is 0.614. The van der Waals surface area contributed by atoms with Crippen LogP contribution in [0.15, 0.2) is 48.5 Å². The zero-order valence-corrected chi connectivity index (χ0v) is 14.7. The molecule has 0 spiro atoms. The summed E-state index contributed by atoms with van der Waals surface area (Å²) in [6.45, 7) is 3.05. The van der Waals surface area contributed by atoms with Crippen molar-refractivity contribution < 1.29 is 19.2 Å². The Hall–Kier alpha value is -3.13. The van der Waals surface area contributed by atoms with Gasteiger partial charge in [-0.25, -0.2) is 0 Å². The molecule has 0 atom stereocenters. The van der Waals surface area contributed by atoms with Crippen LogP contribution in [0.1, 0.15) is 24.2 Å². The number of nitro groups is 1. The van der Waals surface area contributed by atoms with Crippen LogP contribution in [0.2, 0.25) is 5.02 Å². The number of nitrogens with zero attached hydrogens (tertiary/aromatic N) is 1. The van der Waals surface area contributed by atoms with Gasteiger partial charge in [0.05, 0.1) is 4.92 Å². The van der Waals surface area contributed by atoms with Crippen molar-refractivity contribution in [1.29, 1.82) is 0 Å². The number of non-ortho nitro benzene ring substituents is 1. The second kappa shape index (κ2) is 7.83. The predicted molar refractivity (Wildman–Crippen MR) is 94.9 cm³/mol. The Balaban J connectivity index is 1.98. The number of ether oxygens (including phenoxy) is 1. The van der Waals surface area contributed by atoms with Gasteiger partial charge in [0.2, 0.25) is 0 Å². The first-order chi connectivity index (χ1) is 12.2. The zero-order valence-electron chi connectivity index (χ0n) is 14.0. The molecule has 0 fully saturated rings. The van der Waals surface area contributed by atoms with E-state index in [2.05, 4.69) is 10.9 Å². The Morgan fingerprint density at radius 3 is 2.38 bits per heavy atom. The van der Waals surface area contributed by atoms with Crippen LogP contribution >= 0.6 is 11.6 Å². The van der Waals surface area contributed by atoms with Crippen LogP contribution in [0.4, 0.5) is 5.69 Å². The Morgan fingerprint density at radius 1 is 1.12 bits per heavy atom. The average molecular weight is 378 g/mol. The number of nitro benzene ring substituents is 1. The number of nitrogens with one attached hydrogen (secondary N) is 2. The highest BCUT2D eigenvalue weighted by Gasteiger charge is 2.30. The normalized spacial score (nSPS) is 10.7. The van der Waals surface area contributed by atoms with Crippen LogP contribution < -0.4 is 15.6 Å². The fourth-order valence-electron chi connectivity index (χ4n) is 1.94. The number of carbonyl (C=O) groups excluding carboxylic acids is 2. The molecular weight excluding hydrogens is 362 g/mol. The topological polar surface area (TPSA) is 111 Å². The van der Waals surface area contributed by atoms with E-state index in [0.29, 0.717) is 10.8 Å². The van der Waals surface area contributed by atoms with Crippen molar-refractivity contribution >= 4 is 29.1 Å². The number of halogens is 1. The summed E-state index contributed by atoms with van der Waals surface area (Å²) in [5.74, 6) is -0.866. The first-order valence-electron chi connectivity index (χ1n) is 7.49. The van der Waals surface area contributed by atoms with E-state index in [9.17, 15) is 19.7 Å². The van der Waals surface area contributed by atoms with Gasteiger partial charge in [-0.2, -0.15) is 0 Å². The van der Waals surface area contributed by atoms with Crippen molar-refractivity contribution in [3.05, 3.63) is 69.2 Å². The molecule has 0 aliphatic heterocycles. The standard InChI is InChI=1S/C17H16ClN3O5/c1-17(2,26-14-8-6-12(18)7-9-14)16(23)20-19-15(22)11-4-3-5-13(10-11)21(24)25/h3-10H,1-2H3,(H,19,22)(H,20,23). The first kappa shape index (κ1) is 19.2. The molecule has 0 saturated heterocycles.